The van der Waals surface area contributed by atoms with E-state index in [1.807, 2.05) is 44.3 Å². The van der Waals surface area contributed by atoms with E-state index in [0.717, 1.165) is 30.5 Å². The largest absolute Gasteiger partial charge is 0.373 e. The van der Waals surface area contributed by atoms with E-state index in [2.05, 4.69) is 10.2 Å². The Morgan fingerprint density at radius 2 is 1.76 bits per heavy atom. The molecule has 0 aliphatic carbocycles. The molecule has 1 fully saturated rings. The van der Waals surface area contributed by atoms with E-state index < -0.39 is 10.0 Å². The van der Waals surface area contributed by atoms with Gasteiger partial charge in [0.05, 0.1) is 4.90 Å². The van der Waals surface area contributed by atoms with Gasteiger partial charge >= 0.3 is 0 Å². The van der Waals surface area contributed by atoms with Crippen molar-refractivity contribution in [1.29, 1.82) is 0 Å². The van der Waals surface area contributed by atoms with Gasteiger partial charge in [-0.3, -0.25) is 4.79 Å². The monoisotopic (exact) mass is 415 g/mol. The Labute approximate surface area is 173 Å². The van der Waals surface area contributed by atoms with Gasteiger partial charge in [-0.1, -0.05) is 30.7 Å². The van der Waals surface area contributed by atoms with Crippen LogP contribution in [0.25, 0.3) is 0 Å². The third-order valence-electron chi connectivity index (χ3n) is 5.34. The predicted octanol–water partition coefficient (Wildman–Crippen LogP) is 3.04. The van der Waals surface area contributed by atoms with Crippen molar-refractivity contribution in [2.24, 2.45) is 0 Å². The predicted molar refractivity (Wildman–Crippen MR) is 116 cm³/mol. The Balaban J connectivity index is 1.66. The minimum Gasteiger partial charge on any atom is -0.373 e. The fourth-order valence-corrected chi connectivity index (χ4v) is 5.05. The molecule has 2 aromatic carbocycles. The Morgan fingerprint density at radius 1 is 1.07 bits per heavy atom. The molecule has 0 bridgehead atoms. The zero-order valence-corrected chi connectivity index (χ0v) is 17.9. The topological polar surface area (TPSA) is 69.7 Å². The summed E-state index contributed by atoms with van der Waals surface area (Å²) in [5, 5.41) is 2.91. The first-order valence-electron chi connectivity index (χ1n) is 10.0. The highest BCUT2D eigenvalue weighted by Gasteiger charge is 2.27. The first-order chi connectivity index (χ1) is 13.9. The van der Waals surface area contributed by atoms with Crippen LogP contribution < -0.4 is 10.2 Å². The van der Waals surface area contributed by atoms with Gasteiger partial charge < -0.3 is 10.2 Å². The second-order valence-corrected chi connectivity index (χ2v) is 9.39. The molecule has 156 valence electrons. The van der Waals surface area contributed by atoms with Crippen LogP contribution in [0, 0.1) is 6.92 Å². The summed E-state index contributed by atoms with van der Waals surface area (Å²) in [6.07, 6.45) is 2.83. The van der Waals surface area contributed by atoms with Gasteiger partial charge in [0.15, 0.2) is 0 Å². The van der Waals surface area contributed by atoms with Gasteiger partial charge in [0.2, 0.25) is 10.0 Å². The molecule has 1 aliphatic rings. The molecule has 6 nitrogen and oxygen atoms in total. The van der Waals surface area contributed by atoms with Crippen LogP contribution in [0.2, 0.25) is 0 Å². The molecule has 0 atom stereocenters. The Hall–Kier alpha value is -2.38. The fourth-order valence-electron chi connectivity index (χ4n) is 3.50. The minimum absolute atomic E-state index is 0.191. The molecule has 2 aromatic rings. The molecule has 0 radical (unpaired) electrons. The smallest absolute Gasteiger partial charge is 0.251 e. The molecule has 29 heavy (non-hydrogen) atoms. The van der Waals surface area contributed by atoms with Crippen LogP contribution in [0.15, 0.2) is 53.4 Å². The quantitative estimate of drug-likeness (QED) is 0.755. The lowest BCUT2D eigenvalue weighted by molar-refractivity contribution is 0.0954. The summed E-state index contributed by atoms with van der Waals surface area (Å²) in [6.45, 7) is 4.03. The molecule has 0 saturated carbocycles. The fraction of sp³-hybridized carbons (Fsp3) is 0.409. The molecule has 1 amide bonds. The van der Waals surface area contributed by atoms with Crippen molar-refractivity contribution in [3.05, 3.63) is 59.7 Å². The number of carbonyl (C=O) groups is 1. The van der Waals surface area contributed by atoms with Crippen molar-refractivity contribution < 1.29 is 13.2 Å². The van der Waals surface area contributed by atoms with Gasteiger partial charge in [-0.25, -0.2) is 8.42 Å². The summed E-state index contributed by atoms with van der Waals surface area (Å²) in [5.74, 6) is -0.250. The zero-order valence-electron chi connectivity index (χ0n) is 17.1. The average molecular weight is 416 g/mol. The highest BCUT2D eigenvalue weighted by Crippen LogP contribution is 2.23. The Kier molecular flexibility index (Phi) is 6.92. The number of carbonyl (C=O) groups excluding carboxylic acids is 1. The van der Waals surface area contributed by atoms with Crippen LogP contribution in [0.3, 0.4) is 0 Å². The number of anilines is 1. The van der Waals surface area contributed by atoms with E-state index >= 15 is 0 Å². The lowest BCUT2D eigenvalue weighted by Gasteiger charge is -2.26. The maximum atomic E-state index is 12.9. The summed E-state index contributed by atoms with van der Waals surface area (Å²) in [7, 11) is -1.59. The maximum Gasteiger partial charge on any atom is 0.251 e. The lowest BCUT2D eigenvalue weighted by Crippen LogP contribution is -2.36. The van der Waals surface area contributed by atoms with Gasteiger partial charge in [-0.2, -0.15) is 4.31 Å². The van der Waals surface area contributed by atoms with E-state index in [1.54, 1.807) is 12.1 Å². The summed E-state index contributed by atoms with van der Waals surface area (Å²) < 4.78 is 27.4. The molecule has 0 spiro atoms. The number of hydrogen-bond acceptors (Lipinski definition) is 4. The second kappa shape index (κ2) is 9.41. The number of sulfonamides is 1. The van der Waals surface area contributed by atoms with Crippen molar-refractivity contribution >= 4 is 21.6 Å². The summed E-state index contributed by atoms with van der Waals surface area (Å²) >= 11 is 0. The molecule has 1 heterocycles. The minimum atomic E-state index is -3.56. The van der Waals surface area contributed by atoms with Crippen LogP contribution in [0.4, 0.5) is 5.69 Å². The molecule has 0 aromatic heterocycles. The first kappa shape index (κ1) is 21.3. The molecule has 3 rings (SSSR count). The third kappa shape index (κ3) is 5.16. The van der Waals surface area contributed by atoms with Crippen LogP contribution in [-0.2, 0) is 10.0 Å². The number of piperidine rings is 1. The number of para-hydroxylation sites is 1. The molecule has 1 aliphatic heterocycles. The van der Waals surface area contributed by atoms with Crippen molar-refractivity contribution in [3.8, 4) is 0 Å². The summed E-state index contributed by atoms with van der Waals surface area (Å²) in [5.41, 5.74) is 2.24. The maximum absolute atomic E-state index is 12.9. The van der Waals surface area contributed by atoms with Crippen molar-refractivity contribution in [2.75, 3.05) is 38.1 Å². The molecule has 0 unspecified atom stereocenters. The average Bonchev–Trinajstić information content (AvgIpc) is 2.75. The van der Waals surface area contributed by atoms with Gasteiger partial charge in [0.25, 0.3) is 5.91 Å². The molecule has 7 heteroatoms. The molecular weight excluding hydrogens is 386 g/mol. The number of benzene rings is 2. The Morgan fingerprint density at radius 3 is 2.45 bits per heavy atom. The number of aryl methyl sites for hydroxylation is 1. The van der Waals surface area contributed by atoms with Gasteiger partial charge in [0, 0.05) is 44.5 Å². The SMILES string of the molecule is Cc1ccc(S(=O)(=O)N2CCCCC2)cc1C(=O)NCCN(C)c1ccccc1. The standard InChI is InChI=1S/C22H29N3O3S/c1-18-11-12-20(29(27,28)25-14-7-4-8-15-25)17-21(18)22(26)23-13-16-24(2)19-9-5-3-6-10-19/h3,5-6,9-12,17H,4,7-8,13-16H2,1-2H3,(H,23,26). The normalized spacial score (nSPS) is 15.1. The van der Waals surface area contributed by atoms with Crippen LogP contribution in [0.5, 0.6) is 0 Å². The van der Waals surface area contributed by atoms with E-state index in [-0.39, 0.29) is 10.8 Å². The number of hydrogen-bond donors (Lipinski definition) is 1. The first-order valence-corrected chi connectivity index (χ1v) is 11.5. The Bertz CT molecular complexity index is 939. The van der Waals surface area contributed by atoms with Crippen molar-refractivity contribution in [2.45, 2.75) is 31.1 Å². The van der Waals surface area contributed by atoms with E-state index in [1.165, 1.54) is 10.4 Å². The van der Waals surface area contributed by atoms with Gasteiger partial charge in [-0.05, 0) is 49.6 Å². The number of likely N-dealkylation sites (N-methyl/N-ethyl adjacent to an activating group) is 1. The summed E-state index contributed by atoms with van der Waals surface area (Å²) in [6, 6.07) is 14.8. The van der Waals surface area contributed by atoms with Crippen LogP contribution in [0.1, 0.15) is 35.2 Å². The van der Waals surface area contributed by atoms with E-state index in [9.17, 15) is 13.2 Å². The van der Waals surface area contributed by atoms with E-state index in [4.69, 9.17) is 0 Å². The molecule has 1 saturated heterocycles. The lowest BCUT2D eigenvalue weighted by atomic mass is 10.1. The second-order valence-electron chi connectivity index (χ2n) is 7.45. The number of amides is 1. The van der Waals surface area contributed by atoms with Gasteiger partial charge in [-0.15, -0.1) is 0 Å². The van der Waals surface area contributed by atoms with E-state index in [0.29, 0.717) is 31.7 Å². The number of nitrogens with one attached hydrogen (secondary N) is 1. The van der Waals surface area contributed by atoms with Crippen LogP contribution >= 0.6 is 0 Å². The molecule has 1 N–H and O–H groups in total. The zero-order chi connectivity index (χ0) is 20.9. The van der Waals surface area contributed by atoms with Gasteiger partial charge in [0.1, 0.15) is 0 Å². The van der Waals surface area contributed by atoms with Crippen molar-refractivity contribution in [3.63, 3.8) is 0 Å². The van der Waals surface area contributed by atoms with Crippen molar-refractivity contribution in [1.82, 2.24) is 9.62 Å². The number of nitrogens with zero attached hydrogens (tertiary/aromatic N) is 2. The highest BCUT2D eigenvalue weighted by molar-refractivity contribution is 7.89. The third-order valence-corrected chi connectivity index (χ3v) is 7.23. The highest BCUT2D eigenvalue weighted by atomic mass is 32.2. The van der Waals surface area contributed by atoms with Crippen LogP contribution in [-0.4, -0.2) is 51.9 Å². The number of rotatable bonds is 7. The molecular formula is C22H29N3O3S. The summed E-state index contributed by atoms with van der Waals surface area (Å²) in [4.78, 5) is 15.0.